The zero-order valence-corrected chi connectivity index (χ0v) is 19.6. The summed E-state index contributed by atoms with van der Waals surface area (Å²) in [6.45, 7) is 0. The lowest BCUT2D eigenvalue weighted by atomic mass is 9.80. The van der Waals surface area contributed by atoms with E-state index in [1.807, 2.05) is 0 Å². The average molecular weight is 516 g/mol. The number of hydrogen-bond donors (Lipinski definition) is 1. The van der Waals surface area contributed by atoms with Gasteiger partial charge in [-0.2, -0.15) is 0 Å². The summed E-state index contributed by atoms with van der Waals surface area (Å²) in [7, 11) is -2.66. The number of nitrogens with one attached hydrogen (secondary N) is 1. The third kappa shape index (κ3) is 4.40. The van der Waals surface area contributed by atoms with E-state index < -0.39 is 38.4 Å². The first kappa shape index (κ1) is 24.5. The normalized spacial score (nSPS) is 24.0. The molecule has 34 heavy (non-hydrogen) atoms. The maximum absolute atomic E-state index is 13.6. The van der Waals surface area contributed by atoms with Crippen molar-refractivity contribution in [2.45, 2.75) is 35.8 Å². The predicted octanol–water partition coefficient (Wildman–Crippen LogP) is 4.76. The van der Waals surface area contributed by atoms with Gasteiger partial charge in [0.15, 0.2) is 27.3 Å². The minimum atomic E-state index is -3.97. The van der Waals surface area contributed by atoms with Crippen molar-refractivity contribution in [3.05, 3.63) is 58.4 Å². The lowest BCUT2D eigenvalue weighted by molar-refractivity contribution is -0.147. The molecule has 0 spiro atoms. The molecule has 2 saturated carbocycles. The maximum atomic E-state index is 13.6. The van der Waals surface area contributed by atoms with Crippen molar-refractivity contribution < 1.29 is 35.9 Å². The largest absolute Gasteiger partial charge is 0.469 e. The van der Waals surface area contributed by atoms with E-state index in [2.05, 4.69) is 5.32 Å². The predicted molar refractivity (Wildman–Crippen MR) is 118 cm³/mol. The first-order chi connectivity index (χ1) is 16.0. The van der Waals surface area contributed by atoms with E-state index in [-0.39, 0.29) is 44.9 Å². The molecule has 2 atom stereocenters. The summed E-state index contributed by atoms with van der Waals surface area (Å²) in [4.78, 5) is 24.4. The van der Waals surface area contributed by atoms with E-state index in [1.165, 1.54) is 19.2 Å². The van der Waals surface area contributed by atoms with E-state index in [0.717, 1.165) is 6.07 Å². The molecule has 2 aromatic rings. The highest BCUT2D eigenvalue weighted by molar-refractivity contribution is 7.92. The average Bonchev–Trinajstić information content (AvgIpc) is 3.07. The van der Waals surface area contributed by atoms with Crippen LogP contribution < -0.4 is 5.32 Å². The number of halogens is 4. The molecule has 0 saturated heterocycles. The number of benzene rings is 2. The van der Waals surface area contributed by atoms with Gasteiger partial charge in [-0.15, -0.1) is 0 Å². The Kier molecular flexibility index (Phi) is 6.65. The van der Waals surface area contributed by atoms with Crippen LogP contribution in [-0.4, -0.2) is 32.7 Å². The van der Waals surface area contributed by atoms with Crippen molar-refractivity contribution in [1.82, 2.24) is 0 Å². The number of sulfone groups is 1. The molecule has 11 heteroatoms. The number of fused-ring (bicyclic) bond motifs is 2. The Labute approximate surface area is 199 Å². The fourth-order valence-electron chi connectivity index (χ4n) is 5.18. The van der Waals surface area contributed by atoms with Crippen molar-refractivity contribution in [1.29, 1.82) is 0 Å². The molecule has 1 N–H and O–H groups in total. The van der Waals surface area contributed by atoms with Gasteiger partial charge in [0.05, 0.1) is 28.2 Å². The van der Waals surface area contributed by atoms with Gasteiger partial charge in [-0.1, -0.05) is 11.6 Å². The Hall–Kier alpha value is -2.59. The number of methoxy groups -OCH3 is 1. The lowest BCUT2D eigenvalue weighted by Gasteiger charge is -2.33. The van der Waals surface area contributed by atoms with Crippen molar-refractivity contribution in [2.24, 2.45) is 17.8 Å². The van der Waals surface area contributed by atoms with Crippen LogP contribution >= 0.6 is 11.6 Å². The minimum absolute atomic E-state index is 0.0649. The van der Waals surface area contributed by atoms with Gasteiger partial charge in [-0.05, 0) is 55.7 Å². The van der Waals surface area contributed by atoms with Gasteiger partial charge in [-0.3, -0.25) is 9.59 Å². The van der Waals surface area contributed by atoms with Gasteiger partial charge in [0, 0.05) is 23.4 Å². The molecule has 2 unspecified atom stereocenters. The molecule has 2 aliphatic carbocycles. The molecule has 182 valence electrons. The highest BCUT2D eigenvalue weighted by Gasteiger charge is 2.51. The summed E-state index contributed by atoms with van der Waals surface area (Å²) in [5, 5.41) is 1.41. The molecule has 2 bridgehead atoms. The van der Waals surface area contributed by atoms with Gasteiger partial charge >= 0.3 is 5.97 Å². The number of amides is 1. The van der Waals surface area contributed by atoms with Crippen molar-refractivity contribution >= 4 is 39.0 Å². The van der Waals surface area contributed by atoms with Gasteiger partial charge in [0.25, 0.3) is 5.91 Å². The number of hydrogen-bond acceptors (Lipinski definition) is 5. The van der Waals surface area contributed by atoms with Crippen LogP contribution in [0, 0.1) is 35.2 Å². The maximum Gasteiger partial charge on any atom is 0.308 e. The monoisotopic (exact) mass is 515 g/mol. The zero-order valence-electron chi connectivity index (χ0n) is 18.0. The Balaban J connectivity index is 1.61. The SMILES string of the molecule is COC(=O)C1CC2CCC(C1)C2S(=O)(=O)c1cc(C(=O)Nc2cc(F)c(F)c(F)c2)ccc1Cl. The number of carbonyl (C=O) groups excluding carboxylic acids is 2. The molecule has 4 rings (SSSR count). The summed E-state index contributed by atoms with van der Waals surface area (Å²) in [6.07, 6.45) is 2.10. The molecular formula is C23H21ClF3NO5S. The number of rotatable bonds is 5. The van der Waals surface area contributed by atoms with E-state index in [9.17, 15) is 31.2 Å². The van der Waals surface area contributed by atoms with Crippen molar-refractivity contribution in [2.75, 3.05) is 12.4 Å². The molecule has 0 aromatic heterocycles. The Morgan fingerprint density at radius 1 is 1.03 bits per heavy atom. The molecule has 1 amide bonds. The molecule has 6 nitrogen and oxygen atoms in total. The third-order valence-electron chi connectivity index (χ3n) is 6.65. The summed E-state index contributed by atoms with van der Waals surface area (Å²) < 4.78 is 72.1. The standard InChI is InChI=1S/C23H21ClF3NO5S/c1-33-23(30)14-6-11-2-3-12(7-14)21(11)34(31,32)19-8-13(4-5-16(19)24)22(29)28-15-9-17(25)20(27)18(26)10-15/h4-5,8-12,14,21H,2-3,6-7H2,1H3,(H,28,29). The zero-order chi connectivity index (χ0) is 24.8. The summed E-state index contributed by atoms with van der Waals surface area (Å²) in [5.74, 6) is -6.67. The van der Waals surface area contributed by atoms with Crippen LogP contribution in [0.4, 0.5) is 18.9 Å². The van der Waals surface area contributed by atoms with Crippen molar-refractivity contribution in [3.63, 3.8) is 0 Å². The number of ether oxygens (including phenoxy) is 1. The van der Waals surface area contributed by atoms with E-state index in [1.54, 1.807) is 0 Å². The molecule has 0 radical (unpaired) electrons. The topological polar surface area (TPSA) is 89.5 Å². The second-order valence-corrected chi connectivity index (χ2v) is 11.1. The summed E-state index contributed by atoms with van der Waals surface area (Å²) in [5.41, 5.74) is -0.441. The quantitative estimate of drug-likeness (QED) is 0.458. The first-order valence-electron chi connectivity index (χ1n) is 10.6. The molecular weight excluding hydrogens is 495 g/mol. The van der Waals surface area contributed by atoms with Crippen LogP contribution in [0.25, 0.3) is 0 Å². The molecule has 2 aromatic carbocycles. The van der Waals surface area contributed by atoms with Gasteiger partial charge in [0.1, 0.15) is 0 Å². The molecule has 2 fully saturated rings. The van der Waals surface area contributed by atoms with E-state index in [0.29, 0.717) is 37.8 Å². The van der Waals surface area contributed by atoms with Crippen LogP contribution in [0.2, 0.25) is 5.02 Å². The number of esters is 1. The molecule has 2 aliphatic rings. The highest BCUT2D eigenvalue weighted by atomic mass is 35.5. The Morgan fingerprint density at radius 3 is 2.18 bits per heavy atom. The number of carbonyl (C=O) groups is 2. The molecule has 0 aliphatic heterocycles. The van der Waals surface area contributed by atoms with Gasteiger partial charge in [0.2, 0.25) is 0 Å². The highest BCUT2D eigenvalue weighted by Crippen LogP contribution is 2.50. The van der Waals surface area contributed by atoms with Gasteiger partial charge < -0.3 is 10.1 Å². The lowest BCUT2D eigenvalue weighted by Crippen LogP contribution is -2.39. The van der Waals surface area contributed by atoms with E-state index >= 15 is 0 Å². The van der Waals surface area contributed by atoms with Crippen LogP contribution in [-0.2, 0) is 19.4 Å². The van der Waals surface area contributed by atoms with Crippen LogP contribution in [0.1, 0.15) is 36.0 Å². The second kappa shape index (κ2) is 9.22. The summed E-state index contributed by atoms with van der Waals surface area (Å²) >= 11 is 6.22. The van der Waals surface area contributed by atoms with E-state index in [4.69, 9.17) is 16.3 Å². The minimum Gasteiger partial charge on any atom is -0.469 e. The van der Waals surface area contributed by atoms with Crippen molar-refractivity contribution in [3.8, 4) is 0 Å². The van der Waals surface area contributed by atoms with Gasteiger partial charge in [-0.25, -0.2) is 21.6 Å². The third-order valence-corrected chi connectivity index (χ3v) is 9.53. The molecule has 0 heterocycles. The fourth-order valence-corrected chi connectivity index (χ4v) is 8.05. The Morgan fingerprint density at radius 2 is 1.62 bits per heavy atom. The fraction of sp³-hybridized carbons (Fsp3) is 0.391. The smallest absolute Gasteiger partial charge is 0.308 e. The van der Waals surface area contributed by atoms with Crippen LogP contribution in [0.3, 0.4) is 0 Å². The van der Waals surface area contributed by atoms with Crippen LogP contribution in [0.15, 0.2) is 35.2 Å². The summed E-state index contributed by atoms with van der Waals surface area (Å²) in [6, 6.07) is 4.88. The number of anilines is 1. The first-order valence-corrected chi connectivity index (χ1v) is 12.5. The second-order valence-electron chi connectivity index (χ2n) is 8.65. The Bertz CT molecular complexity index is 1230. The van der Waals surface area contributed by atoms with Crippen LogP contribution in [0.5, 0.6) is 0 Å².